The van der Waals surface area contributed by atoms with Crippen molar-refractivity contribution in [3.05, 3.63) is 30.3 Å². The molecule has 1 rings (SSSR count). The average molecular weight is 207 g/mol. The zero-order chi connectivity index (χ0) is 10.6. The lowest BCUT2D eigenvalue weighted by molar-refractivity contribution is -0.117. The second-order valence-corrected chi connectivity index (χ2v) is 2.78. The zero-order valence-electron chi connectivity index (χ0n) is 7.18. The van der Waals surface area contributed by atoms with Gasteiger partial charge in [-0.15, -0.1) is 0 Å². The maximum absolute atomic E-state index is 12.4. The topological polar surface area (TPSA) is 12.0 Å². The first kappa shape index (κ1) is 10.8. The molecule has 1 aromatic rings. The Hall–Kier alpha value is -1.26. The summed E-state index contributed by atoms with van der Waals surface area (Å²) in [6.07, 6.45) is -3.64. The Morgan fingerprint density at radius 3 is 2.21 bits per heavy atom. The Morgan fingerprint density at radius 2 is 1.71 bits per heavy atom. The van der Waals surface area contributed by atoms with Crippen LogP contribution in [0.15, 0.2) is 30.3 Å². The maximum atomic E-state index is 12.4. The van der Waals surface area contributed by atoms with Crippen molar-refractivity contribution in [2.45, 2.75) is 12.3 Å². The number of hydrogen-bond donors (Lipinski definition) is 1. The van der Waals surface area contributed by atoms with E-state index in [1.54, 1.807) is 18.2 Å². The lowest BCUT2D eigenvalue weighted by Crippen LogP contribution is -2.34. The SMILES string of the molecule is FC(F)C(F)(F)CNc1ccccc1. The Balaban J connectivity index is 2.49. The number of nitrogens with one attached hydrogen (secondary N) is 1. The molecule has 0 unspecified atom stereocenters. The van der Waals surface area contributed by atoms with Crippen LogP contribution in [0.4, 0.5) is 23.2 Å². The maximum Gasteiger partial charge on any atom is 0.324 e. The summed E-state index contributed by atoms with van der Waals surface area (Å²) in [7, 11) is 0. The van der Waals surface area contributed by atoms with E-state index >= 15 is 0 Å². The summed E-state index contributed by atoms with van der Waals surface area (Å²) in [6.45, 7) is -1.06. The number of benzene rings is 1. The van der Waals surface area contributed by atoms with Crippen molar-refractivity contribution in [2.75, 3.05) is 11.9 Å². The number of anilines is 1. The van der Waals surface area contributed by atoms with E-state index < -0.39 is 18.9 Å². The highest BCUT2D eigenvalue weighted by Crippen LogP contribution is 2.23. The van der Waals surface area contributed by atoms with E-state index in [0.29, 0.717) is 5.69 Å². The smallest absolute Gasteiger partial charge is 0.324 e. The molecule has 14 heavy (non-hydrogen) atoms. The standard InChI is InChI=1S/C9H9F4N/c10-8(11)9(12,13)6-14-7-4-2-1-3-5-7/h1-5,8,14H,6H2. The molecule has 0 fully saturated rings. The van der Waals surface area contributed by atoms with Gasteiger partial charge in [-0.2, -0.15) is 8.78 Å². The van der Waals surface area contributed by atoms with Crippen molar-refractivity contribution in [1.29, 1.82) is 0 Å². The molecule has 0 aromatic heterocycles. The molecule has 5 heteroatoms. The van der Waals surface area contributed by atoms with E-state index in [1.807, 2.05) is 0 Å². The lowest BCUT2D eigenvalue weighted by atomic mass is 10.3. The van der Waals surface area contributed by atoms with Gasteiger partial charge in [-0.25, -0.2) is 8.78 Å². The molecule has 1 aromatic carbocycles. The van der Waals surface area contributed by atoms with E-state index in [2.05, 4.69) is 5.32 Å². The van der Waals surface area contributed by atoms with Gasteiger partial charge in [0.1, 0.15) is 0 Å². The van der Waals surface area contributed by atoms with Crippen LogP contribution >= 0.6 is 0 Å². The molecule has 0 bridgehead atoms. The first-order valence-electron chi connectivity index (χ1n) is 3.97. The minimum Gasteiger partial charge on any atom is -0.379 e. The summed E-state index contributed by atoms with van der Waals surface area (Å²) in [4.78, 5) is 0. The molecule has 0 spiro atoms. The molecular formula is C9H9F4N. The van der Waals surface area contributed by atoms with Gasteiger partial charge in [0, 0.05) is 5.69 Å². The normalized spacial score (nSPS) is 11.8. The van der Waals surface area contributed by atoms with Crippen LogP contribution in [0.2, 0.25) is 0 Å². The third-order valence-corrected chi connectivity index (χ3v) is 1.62. The Kier molecular flexibility index (Phi) is 3.33. The molecular weight excluding hydrogens is 198 g/mol. The van der Waals surface area contributed by atoms with Crippen molar-refractivity contribution in [3.8, 4) is 0 Å². The molecule has 0 saturated carbocycles. The summed E-state index contributed by atoms with van der Waals surface area (Å²) in [6, 6.07) is 8.02. The Labute approximate surface area is 78.7 Å². The third kappa shape index (κ3) is 2.90. The fourth-order valence-electron chi connectivity index (χ4n) is 0.853. The summed E-state index contributed by atoms with van der Waals surface area (Å²) >= 11 is 0. The zero-order valence-corrected chi connectivity index (χ0v) is 7.18. The van der Waals surface area contributed by atoms with E-state index in [1.165, 1.54) is 12.1 Å². The minimum absolute atomic E-state index is 0.396. The molecule has 78 valence electrons. The van der Waals surface area contributed by atoms with Crippen molar-refractivity contribution in [2.24, 2.45) is 0 Å². The van der Waals surface area contributed by atoms with Crippen LogP contribution in [-0.2, 0) is 0 Å². The summed E-state index contributed by atoms with van der Waals surface area (Å²) in [5, 5.41) is 2.24. The first-order chi connectivity index (χ1) is 6.52. The molecule has 1 nitrogen and oxygen atoms in total. The van der Waals surface area contributed by atoms with Gasteiger partial charge in [0.2, 0.25) is 0 Å². The lowest BCUT2D eigenvalue weighted by Gasteiger charge is -2.16. The summed E-state index contributed by atoms with van der Waals surface area (Å²) in [5.74, 6) is -3.99. The predicted molar refractivity (Wildman–Crippen MR) is 45.9 cm³/mol. The fourth-order valence-corrected chi connectivity index (χ4v) is 0.853. The molecule has 0 saturated heterocycles. The number of alkyl halides is 4. The number of rotatable bonds is 4. The van der Waals surface area contributed by atoms with E-state index in [4.69, 9.17) is 0 Å². The van der Waals surface area contributed by atoms with E-state index in [9.17, 15) is 17.6 Å². The molecule has 0 aliphatic heterocycles. The highest BCUT2D eigenvalue weighted by atomic mass is 19.3. The van der Waals surface area contributed by atoms with Gasteiger partial charge in [0.25, 0.3) is 0 Å². The second kappa shape index (κ2) is 4.30. The van der Waals surface area contributed by atoms with Crippen LogP contribution < -0.4 is 5.32 Å². The molecule has 0 aliphatic carbocycles. The van der Waals surface area contributed by atoms with E-state index in [-0.39, 0.29) is 0 Å². The number of hydrogen-bond acceptors (Lipinski definition) is 1. The molecule has 0 atom stereocenters. The highest BCUT2D eigenvalue weighted by Gasteiger charge is 2.40. The van der Waals surface area contributed by atoms with Crippen LogP contribution in [0.25, 0.3) is 0 Å². The van der Waals surface area contributed by atoms with Gasteiger partial charge < -0.3 is 5.32 Å². The average Bonchev–Trinajstić information content (AvgIpc) is 2.16. The van der Waals surface area contributed by atoms with Gasteiger partial charge in [-0.05, 0) is 12.1 Å². The monoisotopic (exact) mass is 207 g/mol. The third-order valence-electron chi connectivity index (χ3n) is 1.62. The summed E-state index contributed by atoms with van der Waals surface area (Å²) in [5.41, 5.74) is 0.396. The minimum atomic E-state index is -3.99. The summed E-state index contributed by atoms with van der Waals surface area (Å²) < 4.78 is 48.3. The predicted octanol–water partition coefficient (Wildman–Crippen LogP) is 3.00. The van der Waals surface area contributed by atoms with Crippen molar-refractivity contribution >= 4 is 5.69 Å². The highest BCUT2D eigenvalue weighted by molar-refractivity contribution is 5.42. The molecule has 0 amide bonds. The van der Waals surface area contributed by atoms with Crippen molar-refractivity contribution in [3.63, 3.8) is 0 Å². The molecule has 1 N–H and O–H groups in total. The Bertz CT molecular complexity index is 273. The van der Waals surface area contributed by atoms with E-state index in [0.717, 1.165) is 0 Å². The van der Waals surface area contributed by atoms with Gasteiger partial charge in [0.15, 0.2) is 0 Å². The molecule has 0 heterocycles. The molecule has 0 radical (unpaired) electrons. The molecule has 0 aliphatic rings. The van der Waals surface area contributed by atoms with Gasteiger partial charge in [0.05, 0.1) is 6.54 Å². The van der Waals surface area contributed by atoms with Crippen molar-refractivity contribution < 1.29 is 17.6 Å². The van der Waals surface area contributed by atoms with Crippen LogP contribution in [0, 0.1) is 0 Å². The largest absolute Gasteiger partial charge is 0.379 e. The number of para-hydroxylation sites is 1. The van der Waals surface area contributed by atoms with Crippen molar-refractivity contribution in [1.82, 2.24) is 0 Å². The fraction of sp³-hybridized carbons (Fsp3) is 0.333. The van der Waals surface area contributed by atoms with Crippen LogP contribution in [0.1, 0.15) is 0 Å². The van der Waals surface area contributed by atoms with Crippen LogP contribution in [0.3, 0.4) is 0 Å². The second-order valence-electron chi connectivity index (χ2n) is 2.78. The first-order valence-corrected chi connectivity index (χ1v) is 3.97. The van der Waals surface area contributed by atoms with Crippen LogP contribution in [-0.4, -0.2) is 18.9 Å². The quantitative estimate of drug-likeness (QED) is 0.748. The van der Waals surface area contributed by atoms with Gasteiger partial charge in [-0.1, -0.05) is 18.2 Å². The van der Waals surface area contributed by atoms with Crippen LogP contribution in [0.5, 0.6) is 0 Å². The Morgan fingerprint density at radius 1 is 1.14 bits per heavy atom. The number of halogens is 4. The van der Waals surface area contributed by atoms with Gasteiger partial charge >= 0.3 is 12.3 Å². The van der Waals surface area contributed by atoms with Gasteiger partial charge in [-0.3, -0.25) is 0 Å².